The highest BCUT2D eigenvalue weighted by Gasteiger charge is 2.07. The van der Waals surface area contributed by atoms with Crippen molar-refractivity contribution in [2.24, 2.45) is 0 Å². The van der Waals surface area contributed by atoms with E-state index >= 15 is 0 Å². The highest BCUT2D eigenvalue weighted by molar-refractivity contribution is 5.76. The molecule has 3 rings (SSSR count). The molecule has 6 nitrogen and oxygen atoms in total. The molecule has 6 heteroatoms. The van der Waals surface area contributed by atoms with Crippen LogP contribution in [-0.4, -0.2) is 33.4 Å². The molecule has 21 heavy (non-hydrogen) atoms. The first-order chi connectivity index (χ1) is 10.3. The minimum absolute atomic E-state index is 0.521. The van der Waals surface area contributed by atoms with Gasteiger partial charge in [0.15, 0.2) is 6.29 Å². The average Bonchev–Trinajstić information content (AvgIpc) is 3.16. The maximum atomic E-state index is 10.7. The molecule has 0 aliphatic carbocycles. The third kappa shape index (κ3) is 2.84. The summed E-state index contributed by atoms with van der Waals surface area (Å²) >= 11 is 0. The molecule has 0 amide bonds. The maximum absolute atomic E-state index is 10.7. The Hall–Kier alpha value is -2.89. The van der Waals surface area contributed by atoms with Crippen molar-refractivity contribution >= 4 is 6.29 Å². The Morgan fingerprint density at radius 3 is 3.05 bits per heavy atom. The SMILES string of the molecule is COc1cccc(Cn2cc(-c3c[nH]c(C=O)c3)nn2)c1. The Morgan fingerprint density at radius 1 is 1.38 bits per heavy atom. The first-order valence-electron chi connectivity index (χ1n) is 6.45. The number of aromatic nitrogens is 4. The fraction of sp³-hybridized carbons (Fsp3) is 0.133. The van der Waals surface area contributed by atoms with Gasteiger partial charge in [-0.05, 0) is 23.8 Å². The summed E-state index contributed by atoms with van der Waals surface area (Å²) in [6.45, 7) is 0.606. The first-order valence-corrected chi connectivity index (χ1v) is 6.45. The molecule has 0 bridgehead atoms. The number of carbonyl (C=O) groups is 1. The van der Waals surface area contributed by atoms with Crippen molar-refractivity contribution < 1.29 is 9.53 Å². The molecule has 0 saturated carbocycles. The zero-order valence-electron chi connectivity index (χ0n) is 11.5. The molecule has 0 fully saturated rings. The Bertz CT molecular complexity index is 760. The summed E-state index contributed by atoms with van der Waals surface area (Å²) in [4.78, 5) is 13.5. The van der Waals surface area contributed by atoms with E-state index in [-0.39, 0.29) is 0 Å². The molecule has 106 valence electrons. The lowest BCUT2D eigenvalue weighted by Crippen LogP contribution is -2.00. The topological polar surface area (TPSA) is 72.8 Å². The Balaban J connectivity index is 1.79. The summed E-state index contributed by atoms with van der Waals surface area (Å²) in [7, 11) is 1.64. The number of benzene rings is 1. The minimum Gasteiger partial charge on any atom is -0.497 e. The normalized spacial score (nSPS) is 10.5. The molecule has 0 unspecified atom stereocenters. The highest BCUT2D eigenvalue weighted by atomic mass is 16.5. The van der Waals surface area contributed by atoms with E-state index in [9.17, 15) is 4.79 Å². The lowest BCUT2D eigenvalue weighted by atomic mass is 10.2. The molecule has 1 N–H and O–H groups in total. The first kappa shape index (κ1) is 13.1. The third-order valence-corrected chi connectivity index (χ3v) is 3.15. The Labute approximate surface area is 121 Å². The maximum Gasteiger partial charge on any atom is 0.166 e. The van der Waals surface area contributed by atoms with Gasteiger partial charge < -0.3 is 9.72 Å². The lowest BCUT2D eigenvalue weighted by Gasteiger charge is -2.03. The molecule has 0 spiro atoms. The van der Waals surface area contributed by atoms with Gasteiger partial charge >= 0.3 is 0 Å². The van der Waals surface area contributed by atoms with Gasteiger partial charge in [-0.3, -0.25) is 4.79 Å². The molecular weight excluding hydrogens is 268 g/mol. The quantitative estimate of drug-likeness (QED) is 0.728. The molecule has 2 aromatic heterocycles. The van der Waals surface area contributed by atoms with Crippen LogP contribution in [0.4, 0.5) is 0 Å². The van der Waals surface area contributed by atoms with Crippen LogP contribution in [0.3, 0.4) is 0 Å². The van der Waals surface area contributed by atoms with Gasteiger partial charge in [0, 0.05) is 11.8 Å². The fourth-order valence-corrected chi connectivity index (χ4v) is 2.09. The number of nitrogens with one attached hydrogen (secondary N) is 1. The van der Waals surface area contributed by atoms with E-state index in [2.05, 4.69) is 15.3 Å². The molecular formula is C15H14N4O2. The molecule has 0 saturated heterocycles. The van der Waals surface area contributed by atoms with Crippen molar-refractivity contribution in [1.82, 2.24) is 20.0 Å². The van der Waals surface area contributed by atoms with Gasteiger partial charge in [-0.25, -0.2) is 4.68 Å². The summed E-state index contributed by atoms with van der Waals surface area (Å²) in [5.41, 5.74) is 3.16. The summed E-state index contributed by atoms with van der Waals surface area (Å²) in [5, 5.41) is 8.22. The highest BCUT2D eigenvalue weighted by Crippen LogP contribution is 2.18. The fourth-order valence-electron chi connectivity index (χ4n) is 2.09. The third-order valence-electron chi connectivity index (χ3n) is 3.15. The number of rotatable bonds is 5. The van der Waals surface area contributed by atoms with Crippen LogP contribution < -0.4 is 4.74 Å². The van der Waals surface area contributed by atoms with Gasteiger partial charge in [0.05, 0.1) is 25.5 Å². The van der Waals surface area contributed by atoms with E-state index in [1.807, 2.05) is 30.5 Å². The van der Waals surface area contributed by atoms with Crippen LogP contribution in [0.1, 0.15) is 16.1 Å². The van der Waals surface area contributed by atoms with Crippen molar-refractivity contribution in [2.75, 3.05) is 7.11 Å². The van der Waals surface area contributed by atoms with Crippen LogP contribution in [0.2, 0.25) is 0 Å². The number of hydrogen-bond donors (Lipinski definition) is 1. The zero-order valence-corrected chi connectivity index (χ0v) is 11.5. The van der Waals surface area contributed by atoms with E-state index in [0.29, 0.717) is 12.2 Å². The standard InChI is InChI=1S/C15H14N4O2/c1-21-14-4-2-3-11(5-14)8-19-9-15(17-18-19)12-6-13(10-20)16-7-12/h2-7,9-10,16H,8H2,1H3. The molecule has 1 aromatic carbocycles. The number of ether oxygens (including phenoxy) is 1. The van der Waals surface area contributed by atoms with Crippen molar-refractivity contribution in [2.45, 2.75) is 6.54 Å². The van der Waals surface area contributed by atoms with E-state index in [1.54, 1.807) is 24.1 Å². The van der Waals surface area contributed by atoms with Gasteiger partial charge in [0.2, 0.25) is 0 Å². The van der Waals surface area contributed by atoms with E-state index in [0.717, 1.165) is 28.9 Å². The van der Waals surface area contributed by atoms with Gasteiger partial charge in [-0.1, -0.05) is 17.3 Å². The van der Waals surface area contributed by atoms with Crippen LogP contribution in [0.5, 0.6) is 5.75 Å². The van der Waals surface area contributed by atoms with E-state index < -0.39 is 0 Å². The second-order valence-corrected chi connectivity index (χ2v) is 4.61. The van der Waals surface area contributed by atoms with Crippen LogP contribution in [0.15, 0.2) is 42.7 Å². The monoisotopic (exact) mass is 282 g/mol. The van der Waals surface area contributed by atoms with E-state index in [4.69, 9.17) is 4.74 Å². The molecule has 0 aliphatic heterocycles. The summed E-state index contributed by atoms with van der Waals surface area (Å²) in [6, 6.07) is 9.55. The second kappa shape index (κ2) is 5.62. The van der Waals surface area contributed by atoms with Gasteiger partial charge in [0.25, 0.3) is 0 Å². The lowest BCUT2D eigenvalue weighted by molar-refractivity contribution is 0.111. The summed E-state index contributed by atoms with van der Waals surface area (Å²) in [6.07, 6.45) is 4.35. The second-order valence-electron chi connectivity index (χ2n) is 4.61. The van der Waals surface area contributed by atoms with Crippen LogP contribution in [0, 0.1) is 0 Å². The number of methoxy groups -OCH3 is 1. The largest absolute Gasteiger partial charge is 0.497 e. The van der Waals surface area contributed by atoms with Gasteiger partial charge in [-0.2, -0.15) is 0 Å². The number of hydrogen-bond acceptors (Lipinski definition) is 4. The Kier molecular flexibility index (Phi) is 3.51. The van der Waals surface area contributed by atoms with Crippen LogP contribution in [-0.2, 0) is 6.54 Å². The predicted molar refractivity (Wildman–Crippen MR) is 77.3 cm³/mol. The van der Waals surface area contributed by atoms with Crippen molar-refractivity contribution in [1.29, 1.82) is 0 Å². The molecule has 3 aromatic rings. The molecule has 0 aliphatic rings. The number of aromatic amines is 1. The smallest absolute Gasteiger partial charge is 0.166 e. The van der Waals surface area contributed by atoms with E-state index in [1.165, 1.54) is 0 Å². The Morgan fingerprint density at radius 2 is 2.29 bits per heavy atom. The van der Waals surface area contributed by atoms with Crippen LogP contribution >= 0.6 is 0 Å². The number of nitrogens with zero attached hydrogens (tertiary/aromatic N) is 3. The number of H-pyrrole nitrogens is 1. The molecule has 2 heterocycles. The number of carbonyl (C=O) groups excluding carboxylic acids is 1. The molecule has 0 radical (unpaired) electrons. The number of aldehydes is 1. The van der Waals surface area contributed by atoms with Crippen molar-refractivity contribution in [3.63, 3.8) is 0 Å². The van der Waals surface area contributed by atoms with Gasteiger partial charge in [-0.15, -0.1) is 5.10 Å². The summed E-state index contributed by atoms with van der Waals surface area (Å²) in [5.74, 6) is 0.814. The van der Waals surface area contributed by atoms with Crippen LogP contribution in [0.25, 0.3) is 11.3 Å². The minimum atomic E-state index is 0.521. The van der Waals surface area contributed by atoms with Crippen molar-refractivity contribution in [3.05, 3.63) is 54.0 Å². The average molecular weight is 282 g/mol. The zero-order chi connectivity index (χ0) is 14.7. The van der Waals surface area contributed by atoms with Crippen molar-refractivity contribution in [3.8, 4) is 17.0 Å². The molecule has 0 atom stereocenters. The summed E-state index contributed by atoms with van der Waals surface area (Å²) < 4.78 is 6.95. The predicted octanol–water partition coefficient (Wildman–Crippen LogP) is 2.14. The van der Waals surface area contributed by atoms with Gasteiger partial charge in [0.1, 0.15) is 11.4 Å².